The first-order valence-corrected chi connectivity index (χ1v) is 6.15. The Balaban J connectivity index is 2.48. The van der Waals surface area contributed by atoms with E-state index in [-0.39, 0.29) is 11.1 Å². The predicted octanol–water partition coefficient (Wildman–Crippen LogP) is 4.65. The predicted molar refractivity (Wildman–Crippen MR) is 75.8 cm³/mol. The third kappa shape index (κ3) is 3.10. The number of nitriles is 1. The van der Waals surface area contributed by atoms with Crippen LogP contribution in [0, 0.1) is 36.8 Å². The van der Waals surface area contributed by atoms with Crippen LogP contribution in [0.4, 0.5) is 8.78 Å². The molecule has 0 unspecified atom stereocenters. The van der Waals surface area contributed by atoms with Gasteiger partial charge in [-0.1, -0.05) is 18.2 Å². The Kier molecular flexibility index (Phi) is 3.95. The Bertz CT molecular complexity index is 704. The molecule has 2 rings (SSSR count). The van der Waals surface area contributed by atoms with Crippen LogP contribution in [-0.4, -0.2) is 0 Å². The molecule has 2 aromatic rings. The fourth-order valence-corrected chi connectivity index (χ4v) is 1.91. The molecule has 0 N–H and O–H groups in total. The first-order valence-electron chi connectivity index (χ1n) is 6.15. The molecule has 0 aromatic heterocycles. The number of benzene rings is 2. The zero-order valence-corrected chi connectivity index (χ0v) is 11.2. The van der Waals surface area contributed by atoms with Crippen molar-refractivity contribution in [2.75, 3.05) is 0 Å². The highest BCUT2D eigenvalue weighted by molar-refractivity contribution is 5.89. The second-order valence-corrected chi connectivity index (χ2v) is 4.67. The lowest BCUT2D eigenvalue weighted by atomic mass is 10.0. The fraction of sp³-hybridized carbons (Fsp3) is 0.118. The SMILES string of the molecule is Cc1ccc(/C=C(/C#N)c2cc(F)cc(F)c2)cc1C. The van der Waals surface area contributed by atoms with E-state index in [1.54, 1.807) is 6.08 Å². The average Bonchev–Trinajstić information content (AvgIpc) is 2.38. The van der Waals surface area contributed by atoms with Gasteiger partial charge in [0.15, 0.2) is 0 Å². The second-order valence-electron chi connectivity index (χ2n) is 4.67. The van der Waals surface area contributed by atoms with Crippen molar-refractivity contribution in [3.8, 4) is 6.07 Å². The summed E-state index contributed by atoms with van der Waals surface area (Å²) in [7, 11) is 0. The van der Waals surface area contributed by atoms with Gasteiger partial charge in [-0.3, -0.25) is 0 Å². The molecule has 0 saturated heterocycles. The highest BCUT2D eigenvalue weighted by Crippen LogP contribution is 2.21. The molecule has 0 amide bonds. The monoisotopic (exact) mass is 269 g/mol. The van der Waals surface area contributed by atoms with Gasteiger partial charge in [0.2, 0.25) is 0 Å². The van der Waals surface area contributed by atoms with Crippen molar-refractivity contribution >= 4 is 11.6 Å². The van der Waals surface area contributed by atoms with E-state index in [0.29, 0.717) is 0 Å². The van der Waals surface area contributed by atoms with Crippen molar-refractivity contribution in [3.63, 3.8) is 0 Å². The summed E-state index contributed by atoms with van der Waals surface area (Å²) in [4.78, 5) is 0. The van der Waals surface area contributed by atoms with Crippen LogP contribution in [0.15, 0.2) is 36.4 Å². The number of hydrogen-bond acceptors (Lipinski definition) is 1. The van der Waals surface area contributed by atoms with Gasteiger partial charge in [0.25, 0.3) is 0 Å². The highest BCUT2D eigenvalue weighted by atomic mass is 19.1. The highest BCUT2D eigenvalue weighted by Gasteiger charge is 2.06. The van der Waals surface area contributed by atoms with Crippen LogP contribution in [0.2, 0.25) is 0 Å². The lowest BCUT2D eigenvalue weighted by molar-refractivity contribution is 0.582. The summed E-state index contributed by atoms with van der Waals surface area (Å²) in [6.07, 6.45) is 1.63. The van der Waals surface area contributed by atoms with Crippen molar-refractivity contribution in [2.45, 2.75) is 13.8 Å². The summed E-state index contributed by atoms with van der Waals surface area (Å²) in [5.41, 5.74) is 3.54. The van der Waals surface area contributed by atoms with Gasteiger partial charge < -0.3 is 0 Å². The van der Waals surface area contributed by atoms with Gasteiger partial charge >= 0.3 is 0 Å². The van der Waals surface area contributed by atoms with Gasteiger partial charge in [-0.15, -0.1) is 0 Å². The van der Waals surface area contributed by atoms with E-state index in [2.05, 4.69) is 0 Å². The van der Waals surface area contributed by atoms with Crippen LogP contribution in [0.3, 0.4) is 0 Å². The molecule has 0 saturated carbocycles. The molecule has 0 aliphatic rings. The van der Waals surface area contributed by atoms with Gasteiger partial charge in [-0.25, -0.2) is 8.78 Å². The maximum Gasteiger partial charge on any atom is 0.126 e. The zero-order chi connectivity index (χ0) is 14.7. The van der Waals surface area contributed by atoms with Crippen molar-refractivity contribution in [1.82, 2.24) is 0 Å². The summed E-state index contributed by atoms with van der Waals surface area (Å²) >= 11 is 0. The van der Waals surface area contributed by atoms with Crippen LogP contribution in [0.1, 0.15) is 22.3 Å². The molecule has 0 fully saturated rings. The Morgan fingerprint density at radius 3 is 2.20 bits per heavy atom. The number of rotatable bonds is 2. The Hall–Kier alpha value is -2.47. The maximum absolute atomic E-state index is 13.2. The van der Waals surface area contributed by atoms with E-state index in [4.69, 9.17) is 0 Å². The number of allylic oxidation sites excluding steroid dienone is 1. The topological polar surface area (TPSA) is 23.8 Å². The number of halogens is 2. The Labute approximate surface area is 116 Å². The van der Waals surface area contributed by atoms with E-state index in [1.165, 1.54) is 0 Å². The minimum absolute atomic E-state index is 0.228. The molecular weight excluding hydrogens is 256 g/mol. The molecule has 1 nitrogen and oxygen atoms in total. The van der Waals surface area contributed by atoms with E-state index >= 15 is 0 Å². The minimum Gasteiger partial charge on any atom is -0.207 e. The van der Waals surface area contributed by atoms with E-state index in [9.17, 15) is 14.0 Å². The fourth-order valence-electron chi connectivity index (χ4n) is 1.91. The van der Waals surface area contributed by atoms with Crippen LogP contribution >= 0.6 is 0 Å². The summed E-state index contributed by atoms with van der Waals surface area (Å²) in [5.74, 6) is -1.39. The number of hydrogen-bond donors (Lipinski definition) is 0. The summed E-state index contributed by atoms with van der Waals surface area (Å²) < 4.78 is 26.4. The molecule has 0 aliphatic heterocycles. The molecule has 2 aromatic carbocycles. The zero-order valence-electron chi connectivity index (χ0n) is 11.2. The van der Waals surface area contributed by atoms with Gasteiger partial charge in [-0.05, 0) is 54.3 Å². The normalized spacial score (nSPS) is 11.2. The van der Waals surface area contributed by atoms with E-state index in [1.807, 2.05) is 38.1 Å². The van der Waals surface area contributed by atoms with E-state index < -0.39 is 11.6 Å². The maximum atomic E-state index is 13.2. The Morgan fingerprint density at radius 2 is 1.65 bits per heavy atom. The molecule has 0 spiro atoms. The third-order valence-electron chi connectivity index (χ3n) is 3.14. The molecule has 0 atom stereocenters. The van der Waals surface area contributed by atoms with Gasteiger partial charge in [-0.2, -0.15) is 5.26 Å². The number of nitrogens with zero attached hydrogens (tertiary/aromatic N) is 1. The molecule has 20 heavy (non-hydrogen) atoms. The van der Waals surface area contributed by atoms with Crippen molar-refractivity contribution < 1.29 is 8.78 Å². The molecule has 3 heteroatoms. The van der Waals surface area contributed by atoms with Crippen LogP contribution in [-0.2, 0) is 0 Å². The quantitative estimate of drug-likeness (QED) is 0.575. The van der Waals surface area contributed by atoms with Crippen LogP contribution in [0.25, 0.3) is 11.6 Å². The molecule has 0 aliphatic carbocycles. The first-order chi connectivity index (χ1) is 9.49. The van der Waals surface area contributed by atoms with Crippen LogP contribution < -0.4 is 0 Å². The Morgan fingerprint density at radius 1 is 1.00 bits per heavy atom. The molecule has 0 radical (unpaired) electrons. The standard InChI is InChI=1S/C17H13F2N/c1-11-3-4-13(5-12(11)2)6-15(10-20)14-7-16(18)9-17(19)8-14/h3-9H,1-2H3/b15-6-. The lowest BCUT2D eigenvalue weighted by Crippen LogP contribution is -1.88. The molecular formula is C17H13F2N. The average molecular weight is 269 g/mol. The third-order valence-corrected chi connectivity index (χ3v) is 3.14. The number of aryl methyl sites for hydroxylation is 2. The summed E-state index contributed by atoms with van der Waals surface area (Å²) in [6.45, 7) is 3.97. The van der Waals surface area contributed by atoms with E-state index in [0.717, 1.165) is 34.9 Å². The van der Waals surface area contributed by atoms with Crippen molar-refractivity contribution in [1.29, 1.82) is 5.26 Å². The van der Waals surface area contributed by atoms with Gasteiger partial charge in [0, 0.05) is 6.07 Å². The summed E-state index contributed by atoms with van der Waals surface area (Å²) in [6, 6.07) is 10.8. The smallest absolute Gasteiger partial charge is 0.126 e. The van der Waals surface area contributed by atoms with Gasteiger partial charge in [0.1, 0.15) is 11.6 Å². The van der Waals surface area contributed by atoms with Crippen molar-refractivity contribution in [2.24, 2.45) is 0 Å². The lowest BCUT2D eigenvalue weighted by Gasteiger charge is -2.03. The minimum atomic E-state index is -0.693. The first kappa shape index (κ1) is 14.0. The van der Waals surface area contributed by atoms with Crippen molar-refractivity contribution in [3.05, 3.63) is 70.3 Å². The second kappa shape index (κ2) is 5.66. The molecule has 0 heterocycles. The molecule has 0 bridgehead atoms. The van der Waals surface area contributed by atoms with Crippen LogP contribution in [0.5, 0.6) is 0 Å². The summed E-state index contributed by atoms with van der Waals surface area (Å²) in [5, 5.41) is 9.18. The largest absolute Gasteiger partial charge is 0.207 e. The van der Waals surface area contributed by atoms with Gasteiger partial charge in [0.05, 0.1) is 11.6 Å². The molecule has 100 valence electrons.